The molecule has 2 aromatic carbocycles. The van der Waals surface area contributed by atoms with Gasteiger partial charge in [0.2, 0.25) is 0 Å². The number of aryl methyl sites for hydroxylation is 3. The molecule has 0 nitrogen and oxygen atoms in total. The third kappa shape index (κ3) is 3.05. The van der Waals surface area contributed by atoms with Gasteiger partial charge in [-0.1, -0.05) is 57.9 Å². The van der Waals surface area contributed by atoms with Crippen LogP contribution in [0.4, 0.5) is 0 Å². The highest BCUT2D eigenvalue weighted by Gasteiger charge is 2.26. The van der Waals surface area contributed by atoms with E-state index in [9.17, 15) is 0 Å². The lowest BCUT2D eigenvalue weighted by molar-refractivity contribution is 0.452. The van der Waals surface area contributed by atoms with Crippen LogP contribution in [-0.2, 0) is 12.8 Å². The molecular formula is C19H20BrCl. The molecule has 0 fully saturated rings. The van der Waals surface area contributed by atoms with Gasteiger partial charge in [-0.05, 0) is 72.9 Å². The fraction of sp³-hybridized carbons (Fsp3) is 0.368. The summed E-state index contributed by atoms with van der Waals surface area (Å²) in [6.45, 7) is 4.24. The van der Waals surface area contributed by atoms with Crippen molar-refractivity contribution in [3.8, 4) is 0 Å². The summed E-state index contributed by atoms with van der Waals surface area (Å²) in [5.74, 6) is 0.652. The van der Waals surface area contributed by atoms with Gasteiger partial charge >= 0.3 is 0 Å². The molecule has 0 N–H and O–H groups in total. The molecule has 2 unspecified atom stereocenters. The maximum Gasteiger partial charge on any atom is 0.0438 e. The van der Waals surface area contributed by atoms with Gasteiger partial charge in [0.1, 0.15) is 0 Å². The molecule has 0 radical (unpaired) electrons. The molecule has 2 heteroatoms. The number of hydrogen-bond acceptors (Lipinski definition) is 0. The minimum Gasteiger partial charge on any atom is -0.0840 e. The Labute approximate surface area is 140 Å². The number of rotatable bonds is 2. The third-order valence-electron chi connectivity index (χ3n) is 4.64. The fourth-order valence-corrected chi connectivity index (χ4v) is 4.49. The molecule has 1 aliphatic carbocycles. The zero-order chi connectivity index (χ0) is 15.0. The first-order valence-corrected chi connectivity index (χ1v) is 8.83. The Morgan fingerprint density at radius 3 is 2.57 bits per heavy atom. The highest BCUT2D eigenvalue weighted by atomic mass is 79.9. The maximum atomic E-state index is 6.23. The molecule has 0 spiro atoms. The summed E-state index contributed by atoms with van der Waals surface area (Å²) in [4.78, 5) is 0.404. The van der Waals surface area contributed by atoms with E-state index in [0.717, 1.165) is 17.0 Å². The van der Waals surface area contributed by atoms with Crippen molar-refractivity contribution >= 4 is 27.5 Å². The van der Waals surface area contributed by atoms with E-state index >= 15 is 0 Å². The molecular weight excluding hydrogens is 344 g/mol. The quantitative estimate of drug-likeness (QED) is 0.557. The molecule has 3 rings (SSSR count). The van der Waals surface area contributed by atoms with Crippen molar-refractivity contribution in [2.75, 3.05) is 0 Å². The highest BCUT2D eigenvalue weighted by molar-refractivity contribution is 9.09. The molecule has 2 atom stereocenters. The van der Waals surface area contributed by atoms with Gasteiger partial charge in [0.15, 0.2) is 0 Å². The largest absolute Gasteiger partial charge is 0.0840 e. The summed E-state index contributed by atoms with van der Waals surface area (Å²) < 4.78 is 0. The van der Waals surface area contributed by atoms with E-state index in [1.54, 1.807) is 0 Å². The molecule has 21 heavy (non-hydrogen) atoms. The molecule has 2 aromatic rings. The Balaban J connectivity index is 1.87. The van der Waals surface area contributed by atoms with Crippen LogP contribution in [-0.4, -0.2) is 0 Å². The second kappa shape index (κ2) is 6.14. The van der Waals surface area contributed by atoms with Crippen LogP contribution in [0.15, 0.2) is 36.4 Å². The van der Waals surface area contributed by atoms with Crippen LogP contribution >= 0.6 is 27.5 Å². The lowest BCUT2D eigenvalue weighted by Gasteiger charge is -2.29. The molecule has 0 saturated heterocycles. The molecule has 110 valence electrons. The number of alkyl halides is 1. The second-order valence-corrected chi connectivity index (χ2v) is 7.53. The van der Waals surface area contributed by atoms with Gasteiger partial charge < -0.3 is 0 Å². The Hall–Kier alpha value is -0.790. The van der Waals surface area contributed by atoms with E-state index in [-0.39, 0.29) is 0 Å². The minimum absolute atomic E-state index is 0.404. The van der Waals surface area contributed by atoms with Crippen molar-refractivity contribution in [1.29, 1.82) is 0 Å². The van der Waals surface area contributed by atoms with E-state index in [2.05, 4.69) is 66.2 Å². The predicted octanol–water partition coefficient (Wildman–Crippen LogP) is 6.20. The van der Waals surface area contributed by atoms with E-state index in [1.165, 1.54) is 35.1 Å². The van der Waals surface area contributed by atoms with E-state index < -0.39 is 0 Å². The average molecular weight is 364 g/mol. The van der Waals surface area contributed by atoms with Crippen molar-refractivity contribution in [3.63, 3.8) is 0 Å². The molecule has 0 amide bonds. The van der Waals surface area contributed by atoms with Gasteiger partial charge in [0.25, 0.3) is 0 Å². The molecule has 1 aliphatic rings. The normalized spacial score (nSPS) is 19.1. The molecule has 0 bridgehead atoms. The van der Waals surface area contributed by atoms with Crippen molar-refractivity contribution < 1.29 is 0 Å². The van der Waals surface area contributed by atoms with Crippen LogP contribution in [0.25, 0.3) is 0 Å². The Kier molecular flexibility index (Phi) is 4.42. The van der Waals surface area contributed by atoms with Crippen molar-refractivity contribution in [2.45, 2.75) is 37.9 Å². The van der Waals surface area contributed by atoms with Gasteiger partial charge in [-0.15, -0.1) is 0 Å². The first-order chi connectivity index (χ1) is 10.1. The van der Waals surface area contributed by atoms with Gasteiger partial charge in [0.05, 0.1) is 0 Å². The van der Waals surface area contributed by atoms with E-state index in [1.807, 2.05) is 0 Å². The smallest absolute Gasteiger partial charge is 0.0438 e. The highest BCUT2D eigenvalue weighted by Crippen LogP contribution is 2.41. The summed E-state index contributed by atoms with van der Waals surface area (Å²) in [5, 5.41) is 0.866. The summed E-state index contributed by atoms with van der Waals surface area (Å²) in [6.07, 6.45) is 3.59. The zero-order valence-electron chi connectivity index (χ0n) is 12.5. The fourth-order valence-electron chi connectivity index (χ4n) is 3.33. The molecule has 0 saturated carbocycles. The van der Waals surface area contributed by atoms with Crippen molar-refractivity contribution in [1.82, 2.24) is 0 Å². The summed E-state index contributed by atoms with van der Waals surface area (Å²) in [6, 6.07) is 13.2. The second-order valence-electron chi connectivity index (χ2n) is 6.13. The van der Waals surface area contributed by atoms with E-state index in [0.29, 0.717) is 10.7 Å². The van der Waals surface area contributed by atoms with Crippen LogP contribution < -0.4 is 0 Å². The number of fused-ring (bicyclic) bond motifs is 1. The maximum absolute atomic E-state index is 6.23. The van der Waals surface area contributed by atoms with Crippen LogP contribution in [0.1, 0.15) is 39.1 Å². The van der Waals surface area contributed by atoms with Gasteiger partial charge in [-0.3, -0.25) is 0 Å². The summed E-state index contributed by atoms with van der Waals surface area (Å²) in [7, 11) is 0. The van der Waals surface area contributed by atoms with Gasteiger partial charge in [-0.25, -0.2) is 0 Å². The first kappa shape index (κ1) is 15.1. The minimum atomic E-state index is 0.404. The SMILES string of the molecule is Cc1cc(C(Br)C2CCc3ccccc3C2)c(C)cc1Cl. The third-order valence-corrected chi connectivity index (χ3v) is 6.29. The predicted molar refractivity (Wildman–Crippen MR) is 94.6 cm³/mol. The lowest BCUT2D eigenvalue weighted by Crippen LogP contribution is -2.18. The number of halogens is 2. The van der Waals surface area contributed by atoms with Gasteiger partial charge in [0, 0.05) is 9.85 Å². The van der Waals surface area contributed by atoms with Crippen molar-refractivity contribution in [3.05, 3.63) is 69.2 Å². The van der Waals surface area contributed by atoms with Crippen LogP contribution in [0.3, 0.4) is 0 Å². The van der Waals surface area contributed by atoms with Crippen LogP contribution in [0.2, 0.25) is 5.02 Å². The molecule has 0 heterocycles. The first-order valence-electron chi connectivity index (χ1n) is 7.53. The topological polar surface area (TPSA) is 0 Å². The number of benzene rings is 2. The standard InChI is InChI=1S/C19H20BrCl/c1-12-10-18(21)13(2)9-17(12)19(20)16-8-7-14-5-3-4-6-15(14)11-16/h3-6,9-10,16,19H,7-8,11H2,1-2H3. The Morgan fingerprint density at radius 2 is 1.81 bits per heavy atom. The Bertz CT molecular complexity index is 663. The van der Waals surface area contributed by atoms with Crippen molar-refractivity contribution in [2.24, 2.45) is 5.92 Å². The van der Waals surface area contributed by atoms with Gasteiger partial charge in [-0.2, -0.15) is 0 Å². The van der Waals surface area contributed by atoms with Crippen LogP contribution in [0.5, 0.6) is 0 Å². The zero-order valence-corrected chi connectivity index (χ0v) is 14.8. The monoisotopic (exact) mass is 362 g/mol. The lowest BCUT2D eigenvalue weighted by atomic mass is 9.80. The molecule has 0 aromatic heterocycles. The van der Waals surface area contributed by atoms with Crippen LogP contribution in [0, 0.1) is 19.8 Å². The van der Waals surface area contributed by atoms with E-state index in [4.69, 9.17) is 11.6 Å². The molecule has 0 aliphatic heterocycles. The summed E-state index contributed by atoms with van der Waals surface area (Å²) >= 11 is 10.2. The Morgan fingerprint density at radius 1 is 1.10 bits per heavy atom. The summed E-state index contributed by atoms with van der Waals surface area (Å²) in [5.41, 5.74) is 6.88. The number of hydrogen-bond donors (Lipinski definition) is 0. The average Bonchev–Trinajstić information content (AvgIpc) is 2.50.